The summed E-state index contributed by atoms with van der Waals surface area (Å²) in [4.78, 5) is 23.8. The molecule has 4 N–H and O–H groups in total. The number of hydrogen-bond donors (Lipinski definition) is 3. The minimum Gasteiger partial charge on any atom is -0.444 e. The molecular weight excluding hydrogens is 330 g/mol. The molecule has 0 radical (unpaired) electrons. The maximum atomic E-state index is 11.9. The first-order valence-electron chi connectivity index (χ1n) is 9.30. The molecule has 0 heterocycles. The molecule has 2 amide bonds. The van der Waals surface area contributed by atoms with Crippen LogP contribution in [-0.4, -0.2) is 30.7 Å². The molecule has 0 aliphatic rings. The average molecular weight is 364 g/mol. The van der Waals surface area contributed by atoms with Crippen LogP contribution in [0.5, 0.6) is 0 Å². The van der Waals surface area contributed by atoms with Gasteiger partial charge in [-0.1, -0.05) is 13.8 Å². The number of nitrogens with one attached hydrogen (secondary N) is 2. The molecule has 6 nitrogen and oxygen atoms in total. The van der Waals surface area contributed by atoms with Gasteiger partial charge in [0.1, 0.15) is 5.60 Å². The molecule has 0 unspecified atom stereocenters. The molecular formula is C20H33N3O3. The standard InChI is InChI=1S/C20H33N3O3/c1-15(2)11-12-20(3,4)26-19(25)23-14-6-5-13-22-18(24)16-7-9-17(21)10-8-16/h7-10,15H,5-6,11-14,21H2,1-4H3,(H,22,24)(H,23,25). The van der Waals surface area contributed by atoms with Gasteiger partial charge in [0, 0.05) is 24.3 Å². The molecule has 1 aromatic rings. The molecule has 0 saturated carbocycles. The number of nitrogen functional groups attached to an aromatic ring is 1. The molecule has 0 spiro atoms. The molecule has 26 heavy (non-hydrogen) atoms. The van der Waals surface area contributed by atoms with Crippen molar-refractivity contribution in [2.45, 2.75) is 59.0 Å². The van der Waals surface area contributed by atoms with E-state index in [1.165, 1.54) is 0 Å². The Morgan fingerprint density at radius 2 is 1.65 bits per heavy atom. The summed E-state index contributed by atoms with van der Waals surface area (Å²) in [6, 6.07) is 6.80. The van der Waals surface area contributed by atoms with Gasteiger partial charge in [-0.05, 0) is 69.7 Å². The van der Waals surface area contributed by atoms with Gasteiger partial charge in [-0.15, -0.1) is 0 Å². The molecule has 0 bridgehead atoms. The second-order valence-electron chi connectivity index (χ2n) is 7.59. The van der Waals surface area contributed by atoms with Crippen molar-refractivity contribution in [3.05, 3.63) is 29.8 Å². The highest BCUT2D eigenvalue weighted by atomic mass is 16.6. The van der Waals surface area contributed by atoms with E-state index < -0.39 is 5.60 Å². The number of alkyl carbamates (subject to hydrolysis) is 1. The van der Waals surface area contributed by atoms with Crippen LogP contribution >= 0.6 is 0 Å². The van der Waals surface area contributed by atoms with Crippen LogP contribution in [0, 0.1) is 5.92 Å². The summed E-state index contributed by atoms with van der Waals surface area (Å²) in [5.41, 5.74) is 6.36. The van der Waals surface area contributed by atoms with Crippen molar-refractivity contribution in [2.24, 2.45) is 5.92 Å². The highest BCUT2D eigenvalue weighted by Gasteiger charge is 2.22. The van der Waals surface area contributed by atoms with Gasteiger partial charge in [-0.25, -0.2) is 4.79 Å². The Balaban J connectivity index is 2.13. The van der Waals surface area contributed by atoms with Gasteiger partial charge in [-0.3, -0.25) is 4.79 Å². The van der Waals surface area contributed by atoms with Crippen LogP contribution in [0.15, 0.2) is 24.3 Å². The lowest BCUT2D eigenvalue weighted by Crippen LogP contribution is -2.35. The molecule has 1 rings (SSSR count). The summed E-state index contributed by atoms with van der Waals surface area (Å²) in [5, 5.41) is 5.61. The largest absolute Gasteiger partial charge is 0.444 e. The molecule has 0 fully saturated rings. The minimum atomic E-state index is -0.457. The van der Waals surface area contributed by atoms with Crippen LogP contribution in [0.3, 0.4) is 0 Å². The first-order valence-corrected chi connectivity index (χ1v) is 9.30. The first-order chi connectivity index (χ1) is 12.2. The lowest BCUT2D eigenvalue weighted by molar-refractivity contribution is 0.0290. The summed E-state index contributed by atoms with van der Waals surface area (Å²) < 4.78 is 5.47. The topological polar surface area (TPSA) is 93.5 Å². The van der Waals surface area contributed by atoms with E-state index >= 15 is 0 Å². The highest BCUT2D eigenvalue weighted by molar-refractivity contribution is 5.94. The van der Waals surface area contributed by atoms with E-state index in [0.717, 1.165) is 25.7 Å². The zero-order chi connectivity index (χ0) is 19.6. The fourth-order valence-corrected chi connectivity index (χ4v) is 2.35. The van der Waals surface area contributed by atoms with Crippen LogP contribution in [0.4, 0.5) is 10.5 Å². The number of carbonyl (C=O) groups excluding carboxylic acids is 2. The number of unbranched alkanes of at least 4 members (excludes halogenated alkanes) is 1. The van der Waals surface area contributed by atoms with Crippen LogP contribution in [0.1, 0.15) is 63.7 Å². The van der Waals surface area contributed by atoms with Gasteiger partial charge in [0.2, 0.25) is 0 Å². The van der Waals surface area contributed by atoms with Crippen molar-refractivity contribution in [2.75, 3.05) is 18.8 Å². The quantitative estimate of drug-likeness (QED) is 0.436. The predicted octanol–water partition coefficient (Wildman–Crippen LogP) is 3.72. The number of amides is 2. The third kappa shape index (κ3) is 9.30. The lowest BCUT2D eigenvalue weighted by Gasteiger charge is -2.26. The van der Waals surface area contributed by atoms with Crippen molar-refractivity contribution in [3.63, 3.8) is 0 Å². The summed E-state index contributed by atoms with van der Waals surface area (Å²) in [6.07, 6.45) is 3.02. The van der Waals surface area contributed by atoms with E-state index in [1.807, 2.05) is 13.8 Å². The zero-order valence-corrected chi connectivity index (χ0v) is 16.4. The van der Waals surface area contributed by atoms with Crippen molar-refractivity contribution >= 4 is 17.7 Å². The van der Waals surface area contributed by atoms with Gasteiger partial charge in [0.25, 0.3) is 5.91 Å². The van der Waals surface area contributed by atoms with Crippen molar-refractivity contribution in [3.8, 4) is 0 Å². The number of nitrogens with two attached hydrogens (primary N) is 1. The van der Waals surface area contributed by atoms with Crippen LogP contribution in [0.25, 0.3) is 0 Å². The van der Waals surface area contributed by atoms with Crippen LogP contribution < -0.4 is 16.4 Å². The van der Waals surface area contributed by atoms with E-state index in [1.54, 1.807) is 24.3 Å². The number of ether oxygens (including phenoxy) is 1. The van der Waals surface area contributed by atoms with E-state index in [0.29, 0.717) is 30.3 Å². The SMILES string of the molecule is CC(C)CCC(C)(C)OC(=O)NCCCCNC(=O)c1ccc(N)cc1. The molecule has 1 aromatic carbocycles. The molecule has 0 aliphatic carbocycles. The second-order valence-corrected chi connectivity index (χ2v) is 7.59. The number of anilines is 1. The Hall–Kier alpha value is -2.24. The fourth-order valence-electron chi connectivity index (χ4n) is 2.35. The number of benzene rings is 1. The maximum absolute atomic E-state index is 11.9. The Morgan fingerprint density at radius 1 is 1.08 bits per heavy atom. The summed E-state index contributed by atoms with van der Waals surface area (Å²) in [6.45, 7) is 9.25. The van der Waals surface area contributed by atoms with E-state index in [-0.39, 0.29) is 12.0 Å². The molecule has 6 heteroatoms. The average Bonchev–Trinajstić information content (AvgIpc) is 2.56. The smallest absolute Gasteiger partial charge is 0.407 e. The first kappa shape index (κ1) is 21.8. The third-order valence-corrected chi connectivity index (χ3v) is 4.02. The maximum Gasteiger partial charge on any atom is 0.407 e. The third-order valence-electron chi connectivity index (χ3n) is 4.02. The second kappa shape index (κ2) is 10.7. The van der Waals surface area contributed by atoms with Gasteiger partial charge in [0.15, 0.2) is 0 Å². The van der Waals surface area contributed by atoms with E-state index in [4.69, 9.17) is 10.5 Å². The summed E-state index contributed by atoms with van der Waals surface area (Å²) in [5.74, 6) is 0.466. The normalized spacial score (nSPS) is 11.3. The molecule has 146 valence electrons. The molecule has 0 aliphatic heterocycles. The zero-order valence-electron chi connectivity index (χ0n) is 16.4. The van der Waals surface area contributed by atoms with Gasteiger partial charge in [0.05, 0.1) is 0 Å². The number of hydrogen-bond acceptors (Lipinski definition) is 4. The Bertz CT molecular complexity index is 568. The molecule has 0 saturated heterocycles. The highest BCUT2D eigenvalue weighted by Crippen LogP contribution is 2.20. The molecule has 0 aromatic heterocycles. The van der Waals surface area contributed by atoms with Crippen LogP contribution in [-0.2, 0) is 4.74 Å². The van der Waals surface area contributed by atoms with E-state index in [9.17, 15) is 9.59 Å². The fraction of sp³-hybridized carbons (Fsp3) is 0.600. The number of rotatable bonds is 10. The van der Waals surface area contributed by atoms with Crippen molar-refractivity contribution in [1.29, 1.82) is 0 Å². The van der Waals surface area contributed by atoms with Gasteiger partial charge in [-0.2, -0.15) is 0 Å². The van der Waals surface area contributed by atoms with Gasteiger partial charge >= 0.3 is 6.09 Å². The van der Waals surface area contributed by atoms with Gasteiger partial charge < -0.3 is 21.1 Å². The molecule has 0 atom stereocenters. The predicted molar refractivity (Wildman–Crippen MR) is 105 cm³/mol. The number of carbonyl (C=O) groups is 2. The Kier molecular flexibility index (Phi) is 8.96. The monoisotopic (exact) mass is 363 g/mol. The van der Waals surface area contributed by atoms with Crippen molar-refractivity contribution < 1.29 is 14.3 Å². The van der Waals surface area contributed by atoms with E-state index in [2.05, 4.69) is 24.5 Å². The summed E-state index contributed by atoms with van der Waals surface area (Å²) >= 11 is 0. The Labute approximate surface area is 156 Å². The summed E-state index contributed by atoms with van der Waals surface area (Å²) in [7, 11) is 0. The minimum absolute atomic E-state index is 0.121. The lowest BCUT2D eigenvalue weighted by atomic mass is 9.97. The van der Waals surface area contributed by atoms with Crippen LogP contribution in [0.2, 0.25) is 0 Å². The Morgan fingerprint density at radius 3 is 2.23 bits per heavy atom. The van der Waals surface area contributed by atoms with Crippen molar-refractivity contribution in [1.82, 2.24) is 10.6 Å².